The Morgan fingerprint density at radius 3 is 2.62 bits per heavy atom. The Bertz CT molecular complexity index is 122. The molecule has 0 aromatic rings. The van der Waals surface area contributed by atoms with Crippen LogP contribution in [0.4, 0.5) is 0 Å². The third-order valence-corrected chi connectivity index (χ3v) is 0.690. The molecule has 0 aliphatic heterocycles. The fraction of sp³-hybridized carbons (Fsp3) is 0.333. The van der Waals surface area contributed by atoms with Crippen LogP contribution in [0.25, 0.3) is 0 Å². The second-order valence-electron chi connectivity index (χ2n) is 1.28. The maximum Gasteiger partial charge on any atom is 0.119 e. The molecule has 0 aromatic carbocycles. The summed E-state index contributed by atoms with van der Waals surface area (Å²) in [6.07, 6.45) is 3.23. The zero-order valence-corrected chi connectivity index (χ0v) is 5.26. The van der Waals surface area contributed by atoms with Crippen LogP contribution in [0.1, 0.15) is 6.92 Å². The molecule has 0 aromatic heterocycles. The predicted molar refractivity (Wildman–Crippen MR) is 37.7 cm³/mol. The molecule has 0 unspecified atom stereocenters. The molecule has 8 heavy (non-hydrogen) atoms. The van der Waals surface area contributed by atoms with Gasteiger partial charge in [0, 0.05) is 13.3 Å². The fourth-order valence-corrected chi connectivity index (χ4v) is 0.218. The molecule has 0 heterocycles. The van der Waals surface area contributed by atoms with E-state index in [2.05, 4.69) is 16.6 Å². The van der Waals surface area contributed by atoms with Gasteiger partial charge in [-0.05, 0) is 6.92 Å². The highest BCUT2D eigenvalue weighted by Crippen LogP contribution is 1.73. The summed E-state index contributed by atoms with van der Waals surface area (Å²) in [5, 5.41) is 0. The lowest BCUT2D eigenvalue weighted by molar-refractivity contribution is 1.38. The lowest BCUT2D eigenvalue weighted by Gasteiger charge is -1.81. The van der Waals surface area contributed by atoms with Crippen LogP contribution in [0.5, 0.6) is 0 Å². The highest BCUT2D eigenvalue weighted by molar-refractivity contribution is 5.90. The van der Waals surface area contributed by atoms with Crippen LogP contribution in [-0.2, 0) is 0 Å². The van der Waals surface area contributed by atoms with Crippen molar-refractivity contribution in [2.75, 3.05) is 7.05 Å². The molecular formula is C6H10N2. The Morgan fingerprint density at radius 2 is 2.25 bits per heavy atom. The molecule has 0 bridgehead atoms. The van der Waals surface area contributed by atoms with Crippen LogP contribution in [0.3, 0.4) is 0 Å². The average Bonchev–Trinajstić information content (AvgIpc) is 1.83. The van der Waals surface area contributed by atoms with E-state index in [9.17, 15) is 0 Å². The van der Waals surface area contributed by atoms with Crippen LogP contribution in [-0.4, -0.2) is 19.1 Å². The number of rotatable bonds is 1. The molecule has 2 heteroatoms. The monoisotopic (exact) mass is 110 g/mol. The first kappa shape index (κ1) is 7.08. The standard InChI is InChI=1S/C6H10N2/c1-4-5-8-6(2)7-3/h4-5H,1H2,2-3H3/b7-6-,8-5-. The van der Waals surface area contributed by atoms with Crippen molar-refractivity contribution < 1.29 is 0 Å². The highest BCUT2D eigenvalue weighted by atomic mass is 14.9. The van der Waals surface area contributed by atoms with Gasteiger partial charge in [0.2, 0.25) is 0 Å². The Labute approximate surface area is 49.7 Å². The second kappa shape index (κ2) is 4.24. The summed E-state index contributed by atoms with van der Waals surface area (Å²) in [6.45, 7) is 5.30. The molecule has 0 spiro atoms. The minimum Gasteiger partial charge on any atom is -0.274 e. The summed E-state index contributed by atoms with van der Waals surface area (Å²) in [5.74, 6) is 0.768. The van der Waals surface area contributed by atoms with Crippen molar-refractivity contribution in [1.29, 1.82) is 0 Å². The molecule has 2 nitrogen and oxygen atoms in total. The minimum absolute atomic E-state index is 0.768. The number of nitrogens with zero attached hydrogens (tertiary/aromatic N) is 2. The summed E-state index contributed by atoms with van der Waals surface area (Å²) in [4.78, 5) is 7.66. The average molecular weight is 110 g/mol. The Morgan fingerprint density at radius 1 is 1.62 bits per heavy atom. The summed E-state index contributed by atoms with van der Waals surface area (Å²) in [6, 6.07) is 0. The molecule has 0 fully saturated rings. The Kier molecular flexibility index (Phi) is 3.76. The van der Waals surface area contributed by atoms with E-state index in [0.717, 1.165) is 5.84 Å². The quantitative estimate of drug-likeness (QED) is 0.359. The lowest BCUT2D eigenvalue weighted by atomic mass is 10.6. The molecular weight excluding hydrogens is 100 g/mol. The Balaban J connectivity index is 3.69. The van der Waals surface area contributed by atoms with E-state index in [1.54, 1.807) is 19.3 Å². The van der Waals surface area contributed by atoms with E-state index in [-0.39, 0.29) is 0 Å². The second-order valence-corrected chi connectivity index (χ2v) is 1.28. The van der Waals surface area contributed by atoms with Crippen molar-refractivity contribution in [3.05, 3.63) is 12.7 Å². The number of aliphatic imine (C=N–C) groups is 2. The van der Waals surface area contributed by atoms with Gasteiger partial charge < -0.3 is 0 Å². The van der Waals surface area contributed by atoms with Gasteiger partial charge in [0.1, 0.15) is 5.84 Å². The summed E-state index contributed by atoms with van der Waals surface area (Å²) in [5.41, 5.74) is 0. The predicted octanol–water partition coefficient (Wildman–Crippen LogP) is 1.29. The van der Waals surface area contributed by atoms with Gasteiger partial charge in [-0.25, -0.2) is 4.99 Å². The number of hydrogen-bond acceptors (Lipinski definition) is 1. The van der Waals surface area contributed by atoms with Crippen LogP contribution in [0.2, 0.25) is 0 Å². The van der Waals surface area contributed by atoms with E-state index in [1.165, 1.54) is 0 Å². The van der Waals surface area contributed by atoms with E-state index in [1.807, 2.05) is 6.92 Å². The van der Waals surface area contributed by atoms with Crippen molar-refractivity contribution in [2.45, 2.75) is 6.92 Å². The van der Waals surface area contributed by atoms with E-state index in [4.69, 9.17) is 0 Å². The van der Waals surface area contributed by atoms with Gasteiger partial charge in [-0.2, -0.15) is 0 Å². The molecule has 0 amide bonds. The van der Waals surface area contributed by atoms with Crippen molar-refractivity contribution in [1.82, 2.24) is 0 Å². The van der Waals surface area contributed by atoms with E-state index in [0.29, 0.717) is 0 Å². The summed E-state index contributed by atoms with van der Waals surface area (Å²) < 4.78 is 0. The largest absolute Gasteiger partial charge is 0.274 e. The van der Waals surface area contributed by atoms with Gasteiger partial charge in [-0.1, -0.05) is 12.7 Å². The van der Waals surface area contributed by atoms with E-state index < -0.39 is 0 Å². The van der Waals surface area contributed by atoms with Crippen molar-refractivity contribution in [2.24, 2.45) is 9.98 Å². The van der Waals surface area contributed by atoms with Gasteiger partial charge in [0.05, 0.1) is 0 Å². The molecule has 0 saturated heterocycles. The van der Waals surface area contributed by atoms with Crippen molar-refractivity contribution in [3.63, 3.8) is 0 Å². The van der Waals surface area contributed by atoms with Gasteiger partial charge in [-0.3, -0.25) is 4.99 Å². The van der Waals surface area contributed by atoms with Gasteiger partial charge in [0.15, 0.2) is 0 Å². The SMILES string of the molecule is C=C/C=N\C(C)=N/C. The maximum absolute atomic E-state index is 3.87. The number of hydrogen-bond donors (Lipinski definition) is 0. The highest BCUT2D eigenvalue weighted by Gasteiger charge is 1.73. The maximum atomic E-state index is 3.87. The Hall–Kier alpha value is -0.920. The van der Waals surface area contributed by atoms with Gasteiger partial charge in [-0.15, -0.1) is 0 Å². The lowest BCUT2D eigenvalue weighted by Crippen LogP contribution is -1.82. The van der Waals surface area contributed by atoms with Crippen molar-refractivity contribution in [3.8, 4) is 0 Å². The van der Waals surface area contributed by atoms with Crippen LogP contribution < -0.4 is 0 Å². The topological polar surface area (TPSA) is 24.7 Å². The normalized spacial score (nSPS) is 12.5. The summed E-state index contributed by atoms with van der Waals surface area (Å²) >= 11 is 0. The zero-order valence-electron chi connectivity index (χ0n) is 5.26. The van der Waals surface area contributed by atoms with Crippen molar-refractivity contribution >= 4 is 12.1 Å². The fourth-order valence-electron chi connectivity index (χ4n) is 0.218. The number of allylic oxidation sites excluding steroid dienone is 1. The molecule has 44 valence electrons. The first-order valence-corrected chi connectivity index (χ1v) is 2.39. The first-order valence-electron chi connectivity index (χ1n) is 2.39. The number of amidine groups is 1. The molecule has 0 N–H and O–H groups in total. The smallest absolute Gasteiger partial charge is 0.119 e. The molecule has 0 aliphatic carbocycles. The third-order valence-electron chi connectivity index (χ3n) is 0.690. The first-order chi connectivity index (χ1) is 3.81. The zero-order chi connectivity index (χ0) is 6.41. The molecule has 0 rings (SSSR count). The van der Waals surface area contributed by atoms with Gasteiger partial charge in [0.25, 0.3) is 0 Å². The molecule has 0 aliphatic rings. The van der Waals surface area contributed by atoms with Crippen LogP contribution in [0.15, 0.2) is 22.6 Å². The van der Waals surface area contributed by atoms with Crippen LogP contribution in [0, 0.1) is 0 Å². The minimum atomic E-state index is 0.768. The molecule has 0 atom stereocenters. The van der Waals surface area contributed by atoms with Crippen LogP contribution >= 0.6 is 0 Å². The summed E-state index contributed by atoms with van der Waals surface area (Å²) in [7, 11) is 1.70. The van der Waals surface area contributed by atoms with Gasteiger partial charge >= 0.3 is 0 Å². The third kappa shape index (κ3) is 3.28. The molecule has 0 radical (unpaired) electrons. The van der Waals surface area contributed by atoms with E-state index >= 15 is 0 Å². The molecule has 0 saturated carbocycles.